The van der Waals surface area contributed by atoms with E-state index in [1.807, 2.05) is 6.20 Å². The largest absolute Gasteiger partial charge is 0.348 e. The van der Waals surface area contributed by atoms with Gasteiger partial charge in [0.2, 0.25) is 0 Å². The van der Waals surface area contributed by atoms with Gasteiger partial charge in [0.1, 0.15) is 5.82 Å². The van der Waals surface area contributed by atoms with Crippen LogP contribution in [0.15, 0.2) is 42.7 Å². The zero-order valence-corrected chi connectivity index (χ0v) is 12.0. The van der Waals surface area contributed by atoms with Crippen molar-refractivity contribution in [2.75, 3.05) is 0 Å². The average Bonchev–Trinajstić information content (AvgIpc) is 2.87. The molecule has 2 N–H and O–H groups in total. The number of hydrogen-bond donors (Lipinski definition) is 2. The van der Waals surface area contributed by atoms with E-state index < -0.39 is 0 Å². The molecule has 0 fully saturated rings. The van der Waals surface area contributed by atoms with E-state index in [0.717, 1.165) is 18.8 Å². The molecule has 0 aliphatic heterocycles. The minimum atomic E-state index is 0.288. The van der Waals surface area contributed by atoms with Gasteiger partial charge in [0.25, 0.3) is 0 Å². The second-order valence-corrected chi connectivity index (χ2v) is 6.14. The van der Waals surface area contributed by atoms with Crippen molar-refractivity contribution in [2.45, 2.75) is 39.8 Å². The molecule has 0 aliphatic carbocycles. The molecular formula is C16H23N3. The minimum absolute atomic E-state index is 0.288. The van der Waals surface area contributed by atoms with Gasteiger partial charge in [-0.3, -0.25) is 0 Å². The number of rotatable bonds is 5. The highest BCUT2D eigenvalue weighted by atomic mass is 15.0. The molecule has 1 unspecified atom stereocenters. The number of hydrogen-bond acceptors (Lipinski definition) is 2. The highest BCUT2D eigenvalue weighted by molar-refractivity contribution is 5.19. The molecule has 3 heteroatoms. The molecule has 19 heavy (non-hydrogen) atoms. The third-order valence-corrected chi connectivity index (χ3v) is 3.09. The van der Waals surface area contributed by atoms with Crippen LogP contribution in [-0.4, -0.2) is 9.97 Å². The number of imidazole rings is 1. The molecule has 2 rings (SSSR count). The van der Waals surface area contributed by atoms with Crippen molar-refractivity contribution in [3.63, 3.8) is 0 Å². The fraction of sp³-hybridized carbons (Fsp3) is 0.438. The number of H-pyrrole nitrogens is 1. The Bertz CT molecular complexity index is 468. The van der Waals surface area contributed by atoms with Crippen molar-refractivity contribution in [3.8, 4) is 0 Å². The Kier molecular flexibility index (Phi) is 4.38. The van der Waals surface area contributed by atoms with E-state index >= 15 is 0 Å². The Hall–Kier alpha value is -1.61. The number of benzene rings is 1. The zero-order valence-electron chi connectivity index (χ0n) is 12.0. The van der Waals surface area contributed by atoms with Crippen LogP contribution in [0.25, 0.3) is 0 Å². The first kappa shape index (κ1) is 13.8. The van der Waals surface area contributed by atoms with E-state index in [2.05, 4.69) is 66.4 Å². The lowest BCUT2D eigenvalue weighted by Gasteiger charge is -2.27. The monoisotopic (exact) mass is 257 g/mol. The highest BCUT2D eigenvalue weighted by Crippen LogP contribution is 2.29. The average molecular weight is 257 g/mol. The molecule has 1 aromatic heterocycles. The van der Waals surface area contributed by atoms with Crippen molar-refractivity contribution < 1.29 is 0 Å². The van der Waals surface area contributed by atoms with Crippen LogP contribution in [0.4, 0.5) is 0 Å². The van der Waals surface area contributed by atoms with Gasteiger partial charge in [-0.1, -0.05) is 51.1 Å². The van der Waals surface area contributed by atoms with E-state index in [9.17, 15) is 0 Å². The highest BCUT2D eigenvalue weighted by Gasteiger charge is 2.19. The van der Waals surface area contributed by atoms with Crippen molar-refractivity contribution in [2.24, 2.45) is 5.41 Å². The first-order valence-corrected chi connectivity index (χ1v) is 6.81. The summed E-state index contributed by atoms with van der Waals surface area (Å²) in [7, 11) is 0. The molecular weight excluding hydrogens is 234 g/mol. The van der Waals surface area contributed by atoms with Gasteiger partial charge in [-0.15, -0.1) is 0 Å². The van der Waals surface area contributed by atoms with Crippen LogP contribution in [0, 0.1) is 5.41 Å². The Morgan fingerprint density at radius 1 is 1.21 bits per heavy atom. The van der Waals surface area contributed by atoms with Gasteiger partial charge >= 0.3 is 0 Å². The quantitative estimate of drug-likeness (QED) is 0.858. The Labute approximate surface area is 115 Å². The maximum Gasteiger partial charge on any atom is 0.120 e. The summed E-state index contributed by atoms with van der Waals surface area (Å²) in [4.78, 5) is 7.39. The van der Waals surface area contributed by atoms with Gasteiger partial charge in [-0.25, -0.2) is 4.98 Å². The molecule has 2 aromatic rings. The van der Waals surface area contributed by atoms with Gasteiger partial charge < -0.3 is 10.3 Å². The number of aromatic amines is 1. The molecule has 0 radical (unpaired) electrons. The third kappa shape index (κ3) is 4.52. The fourth-order valence-electron chi connectivity index (χ4n) is 2.22. The maximum absolute atomic E-state index is 4.26. The van der Waals surface area contributed by atoms with E-state index in [1.165, 1.54) is 5.56 Å². The van der Waals surface area contributed by atoms with Crippen LogP contribution in [0.3, 0.4) is 0 Å². The van der Waals surface area contributed by atoms with Crippen molar-refractivity contribution in [1.82, 2.24) is 15.3 Å². The van der Waals surface area contributed by atoms with Crippen LogP contribution in [-0.2, 0) is 6.54 Å². The predicted octanol–water partition coefficient (Wildman–Crippen LogP) is 3.68. The number of aromatic nitrogens is 2. The van der Waals surface area contributed by atoms with Gasteiger partial charge in [0.05, 0.1) is 6.54 Å². The van der Waals surface area contributed by atoms with Crippen LogP contribution in [0.1, 0.15) is 44.6 Å². The van der Waals surface area contributed by atoms with Gasteiger partial charge in [-0.05, 0) is 17.4 Å². The van der Waals surface area contributed by atoms with Gasteiger partial charge in [-0.2, -0.15) is 0 Å². The maximum atomic E-state index is 4.26. The summed E-state index contributed by atoms with van der Waals surface area (Å²) in [5, 5.41) is 3.60. The Morgan fingerprint density at radius 2 is 1.95 bits per heavy atom. The fourth-order valence-corrected chi connectivity index (χ4v) is 2.22. The summed E-state index contributed by atoms with van der Waals surface area (Å²) in [6.07, 6.45) is 4.74. The molecule has 1 aromatic carbocycles. The molecule has 3 nitrogen and oxygen atoms in total. The van der Waals surface area contributed by atoms with E-state index in [0.29, 0.717) is 6.04 Å². The van der Waals surface area contributed by atoms with Crippen molar-refractivity contribution in [1.29, 1.82) is 0 Å². The van der Waals surface area contributed by atoms with Crippen LogP contribution in [0.5, 0.6) is 0 Å². The van der Waals surface area contributed by atoms with Crippen LogP contribution in [0.2, 0.25) is 0 Å². The van der Waals surface area contributed by atoms with Gasteiger partial charge in [0.15, 0.2) is 0 Å². The number of nitrogens with zero attached hydrogens (tertiary/aromatic N) is 1. The topological polar surface area (TPSA) is 40.7 Å². The second-order valence-electron chi connectivity index (χ2n) is 6.14. The summed E-state index contributed by atoms with van der Waals surface area (Å²) in [6.45, 7) is 7.59. The second kappa shape index (κ2) is 6.02. The first-order valence-electron chi connectivity index (χ1n) is 6.81. The number of nitrogens with one attached hydrogen (secondary N) is 2. The molecule has 0 spiro atoms. The molecule has 1 atom stereocenters. The Balaban J connectivity index is 2.06. The smallest absolute Gasteiger partial charge is 0.120 e. The predicted molar refractivity (Wildman–Crippen MR) is 78.7 cm³/mol. The third-order valence-electron chi connectivity index (χ3n) is 3.09. The zero-order chi connectivity index (χ0) is 13.7. The Morgan fingerprint density at radius 3 is 2.53 bits per heavy atom. The molecule has 0 aliphatic rings. The van der Waals surface area contributed by atoms with Crippen molar-refractivity contribution in [3.05, 3.63) is 54.1 Å². The minimum Gasteiger partial charge on any atom is -0.348 e. The van der Waals surface area contributed by atoms with Crippen LogP contribution >= 0.6 is 0 Å². The summed E-state index contributed by atoms with van der Waals surface area (Å²) < 4.78 is 0. The SMILES string of the molecule is CC(C)(C)CC(NCc1ncc[nH]1)c1ccccc1. The molecule has 0 saturated carbocycles. The summed E-state index contributed by atoms with van der Waals surface area (Å²) in [5.41, 5.74) is 1.63. The molecule has 0 bridgehead atoms. The standard InChI is InChI=1S/C16H23N3/c1-16(2,3)11-14(13-7-5-4-6-8-13)19-12-15-17-9-10-18-15/h4-10,14,19H,11-12H2,1-3H3,(H,17,18). The lowest BCUT2D eigenvalue weighted by atomic mass is 9.85. The lowest BCUT2D eigenvalue weighted by molar-refractivity contribution is 0.309. The molecule has 1 heterocycles. The van der Waals surface area contributed by atoms with Gasteiger partial charge in [0, 0.05) is 18.4 Å². The van der Waals surface area contributed by atoms with Crippen molar-refractivity contribution >= 4 is 0 Å². The molecule has 102 valence electrons. The van der Waals surface area contributed by atoms with Crippen LogP contribution < -0.4 is 5.32 Å². The lowest BCUT2D eigenvalue weighted by Crippen LogP contribution is -2.25. The summed E-state index contributed by atoms with van der Waals surface area (Å²) >= 11 is 0. The van der Waals surface area contributed by atoms with E-state index in [1.54, 1.807) is 6.20 Å². The normalized spacial score (nSPS) is 13.4. The summed E-state index contributed by atoms with van der Waals surface area (Å²) in [5.74, 6) is 0.981. The molecule has 0 amide bonds. The summed E-state index contributed by atoms with van der Waals surface area (Å²) in [6, 6.07) is 11.0. The van der Waals surface area contributed by atoms with E-state index in [-0.39, 0.29) is 5.41 Å². The van der Waals surface area contributed by atoms with E-state index in [4.69, 9.17) is 0 Å². The molecule has 0 saturated heterocycles. The first-order chi connectivity index (χ1) is 9.04.